The molecule has 1 spiro atoms. The molecule has 1 saturated heterocycles. The molecule has 3 heteroatoms. The van der Waals surface area contributed by atoms with Crippen LogP contribution in [0.25, 0.3) is 0 Å². The summed E-state index contributed by atoms with van der Waals surface area (Å²) in [5, 5.41) is 3.87. The highest BCUT2D eigenvalue weighted by atomic mass is 16.2. The fourth-order valence-electron chi connectivity index (χ4n) is 5.28. The fraction of sp³-hybridized carbons (Fsp3) is 0.458. The van der Waals surface area contributed by atoms with Gasteiger partial charge >= 0.3 is 0 Å². The van der Waals surface area contributed by atoms with E-state index >= 15 is 0 Å². The summed E-state index contributed by atoms with van der Waals surface area (Å²) in [4.78, 5) is 14.6. The van der Waals surface area contributed by atoms with Gasteiger partial charge < -0.3 is 10.2 Å². The van der Waals surface area contributed by atoms with Crippen LogP contribution in [-0.4, -0.2) is 36.5 Å². The number of hydrogen-bond donors (Lipinski definition) is 1. The second kappa shape index (κ2) is 6.79. The van der Waals surface area contributed by atoms with E-state index in [0.29, 0.717) is 17.4 Å². The molecule has 2 aromatic rings. The third kappa shape index (κ3) is 3.08. The van der Waals surface area contributed by atoms with Crippen molar-refractivity contribution in [1.82, 2.24) is 10.2 Å². The summed E-state index contributed by atoms with van der Waals surface area (Å²) in [7, 11) is 0. The molecule has 2 aromatic carbocycles. The molecular weight excluding hydrogens is 332 g/mol. The van der Waals surface area contributed by atoms with E-state index in [1.807, 2.05) is 35.2 Å². The van der Waals surface area contributed by atoms with Crippen molar-refractivity contribution in [3.05, 3.63) is 71.3 Å². The maximum Gasteiger partial charge on any atom is 0.253 e. The van der Waals surface area contributed by atoms with E-state index in [2.05, 4.69) is 29.6 Å². The SMILES string of the molecule is O=C(c1ccccc1)N1CCC(CN[C@@H]2C[C@@]23CCc2ccccc23)CC1. The molecule has 0 bridgehead atoms. The van der Waals surface area contributed by atoms with Gasteiger partial charge in [0.1, 0.15) is 0 Å². The number of piperidine rings is 1. The number of carbonyl (C=O) groups excluding carboxylic acids is 1. The third-order valence-corrected chi connectivity index (χ3v) is 7.04. The van der Waals surface area contributed by atoms with Crippen molar-refractivity contribution in [2.24, 2.45) is 5.92 Å². The summed E-state index contributed by atoms with van der Waals surface area (Å²) in [6, 6.07) is 19.4. The van der Waals surface area contributed by atoms with Crippen molar-refractivity contribution >= 4 is 5.91 Å². The van der Waals surface area contributed by atoms with Gasteiger partial charge in [-0.15, -0.1) is 0 Å². The zero-order valence-corrected chi connectivity index (χ0v) is 15.9. The van der Waals surface area contributed by atoms with Crippen LogP contribution in [0.5, 0.6) is 0 Å². The highest BCUT2D eigenvalue weighted by Gasteiger charge is 2.57. The molecule has 3 aliphatic rings. The van der Waals surface area contributed by atoms with Gasteiger partial charge in [-0.05, 0) is 67.8 Å². The van der Waals surface area contributed by atoms with E-state index in [9.17, 15) is 4.79 Å². The number of likely N-dealkylation sites (tertiary alicyclic amines) is 1. The average Bonchev–Trinajstić information content (AvgIpc) is 3.33. The lowest BCUT2D eigenvalue weighted by Crippen LogP contribution is -2.41. The molecule has 3 nitrogen and oxygen atoms in total. The maximum atomic E-state index is 12.6. The molecular formula is C24H28N2O. The Bertz CT molecular complexity index is 825. The van der Waals surface area contributed by atoms with Crippen LogP contribution in [0.4, 0.5) is 0 Å². The molecule has 1 N–H and O–H groups in total. The number of benzene rings is 2. The zero-order chi connectivity index (χ0) is 18.3. The van der Waals surface area contributed by atoms with Gasteiger partial charge in [0.15, 0.2) is 0 Å². The summed E-state index contributed by atoms with van der Waals surface area (Å²) in [5.41, 5.74) is 4.41. The molecule has 27 heavy (non-hydrogen) atoms. The van der Waals surface area contributed by atoms with E-state index in [-0.39, 0.29) is 5.91 Å². The Kier molecular flexibility index (Phi) is 4.28. The Hall–Kier alpha value is -2.13. The third-order valence-electron chi connectivity index (χ3n) is 7.04. The van der Waals surface area contributed by atoms with E-state index in [0.717, 1.165) is 38.0 Å². The Balaban J connectivity index is 1.12. The number of carbonyl (C=O) groups is 1. The van der Waals surface area contributed by atoms with Crippen molar-refractivity contribution in [2.45, 2.75) is 43.6 Å². The monoisotopic (exact) mass is 360 g/mol. The normalized spacial score (nSPS) is 27.0. The predicted molar refractivity (Wildman–Crippen MR) is 108 cm³/mol. The van der Waals surface area contributed by atoms with Crippen LogP contribution < -0.4 is 5.32 Å². The second-order valence-electron chi connectivity index (χ2n) is 8.58. The lowest BCUT2D eigenvalue weighted by Gasteiger charge is -2.32. The van der Waals surface area contributed by atoms with Crippen LogP contribution in [-0.2, 0) is 11.8 Å². The van der Waals surface area contributed by atoms with E-state index in [4.69, 9.17) is 0 Å². The number of fused-ring (bicyclic) bond motifs is 2. The lowest BCUT2D eigenvalue weighted by molar-refractivity contribution is 0.0689. The lowest BCUT2D eigenvalue weighted by atomic mass is 9.95. The maximum absolute atomic E-state index is 12.6. The Morgan fingerprint density at radius 1 is 1.04 bits per heavy atom. The van der Waals surface area contributed by atoms with Crippen LogP contribution in [0.15, 0.2) is 54.6 Å². The number of amides is 1. The zero-order valence-electron chi connectivity index (χ0n) is 15.9. The smallest absolute Gasteiger partial charge is 0.253 e. The number of nitrogens with one attached hydrogen (secondary N) is 1. The second-order valence-corrected chi connectivity index (χ2v) is 8.58. The minimum Gasteiger partial charge on any atom is -0.339 e. The number of nitrogens with zero attached hydrogens (tertiary/aromatic N) is 1. The molecule has 1 heterocycles. The Morgan fingerprint density at radius 2 is 1.78 bits per heavy atom. The number of rotatable bonds is 4. The number of aryl methyl sites for hydroxylation is 1. The summed E-state index contributed by atoms with van der Waals surface area (Å²) in [6.07, 6.45) is 6.08. The van der Waals surface area contributed by atoms with Gasteiger partial charge in [-0.25, -0.2) is 0 Å². The predicted octanol–water partition coefficient (Wildman–Crippen LogP) is 3.78. The van der Waals surface area contributed by atoms with Crippen molar-refractivity contribution in [2.75, 3.05) is 19.6 Å². The van der Waals surface area contributed by atoms with Crippen LogP contribution in [0, 0.1) is 5.92 Å². The molecule has 2 atom stereocenters. The van der Waals surface area contributed by atoms with Crippen LogP contribution in [0.3, 0.4) is 0 Å². The first-order valence-electron chi connectivity index (χ1n) is 10.4. The molecule has 0 aromatic heterocycles. The number of hydrogen-bond acceptors (Lipinski definition) is 2. The summed E-state index contributed by atoms with van der Waals surface area (Å²) in [6.45, 7) is 2.87. The van der Waals surface area contributed by atoms with Gasteiger partial charge in [-0.3, -0.25) is 4.79 Å². The first-order valence-corrected chi connectivity index (χ1v) is 10.4. The molecule has 140 valence electrons. The van der Waals surface area contributed by atoms with Crippen molar-refractivity contribution in [3.63, 3.8) is 0 Å². The van der Waals surface area contributed by atoms with Crippen LogP contribution in [0.2, 0.25) is 0 Å². The largest absolute Gasteiger partial charge is 0.339 e. The summed E-state index contributed by atoms with van der Waals surface area (Å²) < 4.78 is 0. The average molecular weight is 361 g/mol. The van der Waals surface area contributed by atoms with Crippen molar-refractivity contribution in [1.29, 1.82) is 0 Å². The Morgan fingerprint density at radius 3 is 2.59 bits per heavy atom. The van der Waals surface area contributed by atoms with Crippen molar-refractivity contribution < 1.29 is 4.79 Å². The first-order chi connectivity index (χ1) is 13.3. The molecule has 1 aliphatic heterocycles. The van der Waals surface area contributed by atoms with E-state index < -0.39 is 0 Å². The van der Waals surface area contributed by atoms with Crippen LogP contribution in [0.1, 0.15) is 47.2 Å². The first kappa shape index (κ1) is 17.0. The highest BCUT2D eigenvalue weighted by Crippen LogP contribution is 2.56. The molecule has 1 amide bonds. The van der Waals surface area contributed by atoms with E-state index in [1.165, 1.54) is 19.3 Å². The Labute approximate surface area is 161 Å². The molecule has 0 unspecified atom stereocenters. The standard InChI is InChI=1S/C24H28N2O/c27-23(20-7-2-1-3-8-20)26-14-11-18(12-15-26)17-25-22-16-24(22)13-10-19-6-4-5-9-21(19)24/h1-9,18,22,25H,10-17H2/t22-,24-/m1/s1. The molecule has 0 radical (unpaired) electrons. The summed E-state index contributed by atoms with van der Waals surface area (Å²) >= 11 is 0. The van der Waals surface area contributed by atoms with Gasteiger partial charge in [0.25, 0.3) is 5.91 Å². The van der Waals surface area contributed by atoms with Gasteiger partial charge in [0, 0.05) is 30.1 Å². The van der Waals surface area contributed by atoms with Gasteiger partial charge in [-0.1, -0.05) is 42.5 Å². The minimum atomic E-state index is 0.186. The molecule has 5 rings (SSSR count). The minimum absolute atomic E-state index is 0.186. The van der Waals surface area contributed by atoms with E-state index in [1.54, 1.807) is 11.1 Å². The highest BCUT2D eigenvalue weighted by molar-refractivity contribution is 5.94. The molecule has 1 saturated carbocycles. The van der Waals surface area contributed by atoms with Gasteiger partial charge in [0.2, 0.25) is 0 Å². The quantitative estimate of drug-likeness (QED) is 0.900. The molecule has 2 aliphatic carbocycles. The van der Waals surface area contributed by atoms with Gasteiger partial charge in [0.05, 0.1) is 0 Å². The fourth-order valence-corrected chi connectivity index (χ4v) is 5.28. The topological polar surface area (TPSA) is 32.3 Å². The van der Waals surface area contributed by atoms with Crippen LogP contribution >= 0.6 is 0 Å². The van der Waals surface area contributed by atoms with Gasteiger partial charge in [-0.2, -0.15) is 0 Å². The van der Waals surface area contributed by atoms with Crippen molar-refractivity contribution in [3.8, 4) is 0 Å². The summed E-state index contributed by atoms with van der Waals surface area (Å²) in [5.74, 6) is 0.879. The molecule has 2 fully saturated rings.